The number of sulfonamides is 1. The van der Waals surface area contributed by atoms with E-state index in [-0.39, 0.29) is 0 Å². The lowest BCUT2D eigenvalue weighted by Gasteiger charge is -2.37. The van der Waals surface area contributed by atoms with Gasteiger partial charge in [-0.1, -0.05) is 18.2 Å². The molecule has 29 heavy (non-hydrogen) atoms. The first-order chi connectivity index (χ1) is 13.8. The van der Waals surface area contributed by atoms with Crippen molar-refractivity contribution in [3.63, 3.8) is 0 Å². The molecule has 4 rings (SSSR count). The summed E-state index contributed by atoms with van der Waals surface area (Å²) in [7, 11) is -3.67. The van der Waals surface area contributed by atoms with Gasteiger partial charge in [0.25, 0.3) is 10.0 Å². The summed E-state index contributed by atoms with van der Waals surface area (Å²) < 4.78 is 34.4. The van der Waals surface area contributed by atoms with Gasteiger partial charge in [0, 0.05) is 42.7 Å². The summed E-state index contributed by atoms with van der Waals surface area (Å²) in [6.07, 6.45) is 1.65. The molecule has 0 amide bonds. The van der Waals surface area contributed by atoms with Crippen molar-refractivity contribution in [1.82, 2.24) is 10.2 Å². The highest BCUT2D eigenvalue weighted by atomic mass is 32.2. The van der Waals surface area contributed by atoms with Gasteiger partial charge < -0.3 is 9.73 Å². The van der Waals surface area contributed by atoms with E-state index in [9.17, 15) is 8.42 Å². The molecule has 7 heteroatoms. The fourth-order valence-corrected chi connectivity index (χ4v) is 5.22. The van der Waals surface area contributed by atoms with E-state index >= 15 is 0 Å². The number of anilines is 1. The van der Waals surface area contributed by atoms with Crippen LogP contribution in [0.4, 0.5) is 5.69 Å². The zero-order chi connectivity index (χ0) is 20.6. The van der Waals surface area contributed by atoms with Crippen LogP contribution >= 0.6 is 0 Å². The van der Waals surface area contributed by atoms with Crippen molar-refractivity contribution >= 4 is 26.7 Å². The van der Waals surface area contributed by atoms with Gasteiger partial charge in [-0.15, -0.1) is 0 Å². The summed E-state index contributed by atoms with van der Waals surface area (Å²) in [4.78, 5) is 2.69. The normalized spacial score (nSPS) is 20.8. The maximum Gasteiger partial charge on any atom is 0.262 e. The molecule has 1 aliphatic rings. The van der Waals surface area contributed by atoms with E-state index in [4.69, 9.17) is 4.42 Å². The number of hydrogen-bond donors (Lipinski definition) is 2. The van der Waals surface area contributed by atoms with Crippen LogP contribution in [0.15, 0.2) is 58.0 Å². The lowest BCUT2D eigenvalue weighted by Crippen LogP contribution is -2.53. The third-order valence-electron chi connectivity index (χ3n) is 5.53. The van der Waals surface area contributed by atoms with Gasteiger partial charge in [-0.25, -0.2) is 8.42 Å². The molecule has 1 aromatic heterocycles. The maximum atomic E-state index is 12.9. The number of fused-ring (bicyclic) bond motifs is 1. The quantitative estimate of drug-likeness (QED) is 0.667. The zero-order valence-corrected chi connectivity index (χ0v) is 17.8. The van der Waals surface area contributed by atoms with E-state index < -0.39 is 10.0 Å². The zero-order valence-electron chi connectivity index (χ0n) is 17.0. The Labute approximate surface area is 171 Å². The lowest BCUT2D eigenvalue weighted by molar-refractivity contribution is 0.139. The molecular formula is C22H27N3O3S. The minimum atomic E-state index is -3.67. The molecule has 6 nitrogen and oxygen atoms in total. The minimum absolute atomic E-state index is 0.290. The standard InChI is InChI=1S/C22H27N3O3S/c1-15-6-4-5-7-21(15)29(26,27)24-20-10-18-8-9-28-22(18)19(11-20)14-25-13-16(2)23-12-17(25)3/h4-11,16-17,23-24H,12-14H2,1-3H3. The van der Waals surface area contributed by atoms with E-state index in [0.717, 1.165) is 29.6 Å². The largest absolute Gasteiger partial charge is 0.464 e. The molecule has 2 atom stereocenters. The van der Waals surface area contributed by atoms with Crippen molar-refractivity contribution in [3.05, 3.63) is 59.9 Å². The Morgan fingerprint density at radius 3 is 2.79 bits per heavy atom. The lowest BCUT2D eigenvalue weighted by atomic mass is 10.1. The molecular weight excluding hydrogens is 386 g/mol. The monoisotopic (exact) mass is 413 g/mol. The van der Waals surface area contributed by atoms with E-state index in [1.54, 1.807) is 31.4 Å². The Kier molecular flexibility index (Phi) is 5.38. The van der Waals surface area contributed by atoms with Crippen LogP contribution in [0.2, 0.25) is 0 Å². The van der Waals surface area contributed by atoms with Gasteiger partial charge in [0.2, 0.25) is 0 Å². The summed E-state index contributed by atoms with van der Waals surface area (Å²) in [5.41, 5.74) is 3.05. The molecule has 2 heterocycles. The minimum Gasteiger partial charge on any atom is -0.464 e. The molecule has 0 spiro atoms. The average Bonchev–Trinajstić information content (AvgIpc) is 3.13. The fraction of sp³-hybridized carbons (Fsp3) is 0.364. The topological polar surface area (TPSA) is 74.6 Å². The Morgan fingerprint density at radius 2 is 2.00 bits per heavy atom. The summed E-state index contributed by atoms with van der Waals surface area (Å²) >= 11 is 0. The number of hydrogen-bond acceptors (Lipinski definition) is 5. The molecule has 1 saturated heterocycles. The molecule has 154 valence electrons. The number of aryl methyl sites for hydroxylation is 1. The van der Waals surface area contributed by atoms with E-state index in [0.29, 0.717) is 34.8 Å². The van der Waals surface area contributed by atoms with Crippen LogP contribution in [0.3, 0.4) is 0 Å². The molecule has 2 aromatic carbocycles. The second-order valence-electron chi connectivity index (χ2n) is 7.93. The number of benzene rings is 2. The highest BCUT2D eigenvalue weighted by Gasteiger charge is 2.24. The average molecular weight is 414 g/mol. The van der Waals surface area contributed by atoms with Crippen LogP contribution in [0.25, 0.3) is 11.0 Å². The highest BCUT2D eigenvalue weighted by molar-refractivity contribution is 7.92. The Balaban J connectivity index is 1.67. The van der Waals surface area contributed by atoms with Crippen LogP contribution in [-0.2, 0) is 16.6 Å². The summed E-state index contributed by atoms with van der Waals surface area (Å²) in [5.74, 6) is 0. The van der Waals surface area contributed by atoms with Gasteiger partial charge >= 0.3 is 0 Å². The van der Waals surface area contributed by atoms with Crippen molar-refractivity contribution in [2.45, 2.75) is 44.3 Å². The summed E-state index contributed by atoms with van der Waals surface area (Å²) in [5, 5.41) is 4.38. The molecule has 2 N–H and O–H groups in total. The Morgan fingerprint density at radius 1 is 1.21 bits per heavy atom. The molecule has 0 bridgehead atoms. The van der Waals surface area contributed by atoms with Crippen molar-refractivity contribution in [2.24, 2.45) is 0 Å². The number of nitrogens with one attached hydrogen (secondary N) is 2. The van der Waals surface area contributed by atoms with Gasteiger partial charge in [0.05, 0.1) is 16.8 Å². The third-order valence-corrected chi connectivity index (χ3v) is 7.07. The number of nitrogens with zero attached hydrogens (tertiary/aromatic N) is 1. The van der Waals surface area contributed by atoms with Crippen molar-refractivity contribution in [2.75, 3.05) is 17.8 Å². The Hall–Kier alpha value is -2.35. The smallest absolute Gasteiger partial charge is 0.262 e. The van der Waals surface area contributed by atoms with Gasteiger partial charge in [-0.2, -0.15) is 0 Å². The highest BCUT2D eigenvalue weighted by Crippen LogP contribution is 2.29. The third kappa shape index (κ3) is 4.17. The van der Waals surface area contributed by atoms with E-state index in [1.807, 2.05) is 24.3 Å². The summed E-state index contributed by atoms with van der Waals surface area (Å²) in [6, 6.07) is 13.4. The first-order valence-electron chi connectivity index (χ1n) is 9.89. The van der Waals surface area contributed by atoms with Crippen LogP contribution in [0.1, 0.15) is 25.0 Å². The predicted octanol–water partition coefficient (Wildman–Crippen LogP) is 3.72. The van der Waals surface area contributed by atoms with Crippen LogP contribution in [-0.4, -0.2) is 38.5 Å². The van der Waals surface area contributed by atoms with Gasteiger partial charge in [-0.05, 0) is 50.6 Å². The first-order valence-corrected chi connectivity index (χ1v) is 11.4. The second kappa shape index (κ2) is 7.82. The molecule has 3 aromatic rings. The fourth-order valence-electron chi connectivity index (χ4n) is 3.94. The predicted molar refractivity (Wildman–Crippen MR) is 116 cm³/mol. The molecule has 0 aliphatic carbocycles. The molecule has 0 saturated carbocycles. The first kappa shape index (κ1) is 19.9. The Bertz CT molecular complexity index is 1120. The van der Waals surface area contributed by atoms with Crippen molar-refractivity contribution in [1.29, 1.82) is 0 Å². The number of rotatable bonds is 5. The van der Waals surface area contributed by atoms with Gasteiger partial charge in [-0.3, -0.25) is 9.62 Å². The maximum absolute atomic E-state index is 12.9. The number of furan rings is 1. The van der Waals surface area contributed by atoms with Crippen LogP contribution in [0.5, 0.6) is 0 Å². The van der Waals surface area contributed by atoms with Crippen LogP contribution < -0.4 is 10.0 Å². The summed E-state index contributed by atoms with van der Waals surface area (Å²) in [6.45, 7) is 8.74. The van der Waals surface area contributed by atoms with E-state index in [2.05, 4.69) is 28.8 Å². The van der Waals surface area contributed by atoms with Gasteiger partial charge in [0.1, 0.15) is 5.58 Å². The molecule has 1 fully saturated rings. The van der Waals surface area contributed by atoms with Crippen molar-refractivity contribution in [3.8, 4) is 0 Å². The van der Waals surface area contributed by atoms with E-state index in [1.165, 1.54) is 0 Å². The number of piperazine rings is 1. The van der Waals surface area contributed by atoms with Crippen LogP contribution in [0, 0.1) is 6.92 Å². The molecule has 2 unspecified atom stereocenters. The second-order valence-corrected chi connectivity index (χ2v) is 9.58. The molecule has 0 radical (unpaired) electrons. The van der Waals surface area contributed by atoms with Crippen molar-refractivity contribution < 1.29 is 12.8 Å². The molecule has 1 aliphatic heterocycles. The van der Waals surface area contributed by atoms with Gasteiger partial charge in [0.15, 0.2) is 0 Å². The SMILES string of the molecule is Cc1ccccc1S(=O)(=O)Nc1cc(CN2CC(C)NCC2C)c2occc2c1.